The predicted octanol–water partition coefficient (Wildman–Crippen LogP) is 4.66. The summed E-state index contributed by atoms with van der Waals surface area (Å²) in [4.78, 5) is 12.8. The van der Waals surface area contributed by atoms with E-state index in [2.05, 4.69) is 17.1 Å². The third-order valence-electron chi connectivity index (χ3n) is 5.07. The number of halogens is 1. The zero-order valence-corrected chi connectivity index (χ0v) is 22.5. The van der Waals surface area contributed by atoms with Crippen molar-refractivity contribution >= 4 is 39.4 Å². The van der Waals surface area contributed by atoms with Crippen molar-refractivity contribution < 1.29 is 27.4 Å². The molecule has 0 bridgehead atoms. The van der Waals surface area contributed by atoms with Crippen molar-refractivity contribution in [2.75, 3.05) is 31.2 Å². The minimum Gasteiger partial charge on any atom is -0.493 e. The molecule has 9 nitrogen and oxygen atoms in total. The van der Waals surface area contributed by atoms with Crippen LogP contribution in [-0.2, 0) is 14.8 Å². The molecule has 3 aromatic rings. The molecule has 0 aliphatic rings. The summed E-state index contributed by atoms with van der Waals surface area (Å²) >= 11 is 5.94. The van der Waals surface area contributed by atoms with Gasteiger partial charge < -0.3 is 14.2 Å². The lowest BCUT2D eigenvalue weighted by atomic mass is 10.2. The number of ether oxygens (including phenoxy) is 3. The number of methoxy groups -OCH3 is 1. The molecule has 1 amide bonds. The molecule has 0 aliphatic heterocycles. The molecule has 11 heteroatoms. The molecule has 0 aliphatic carbocycles. The first kappa shape index (κ1) is 28.5. The lowest BCUT2D eigenvalue weighted by molar-refractivity contribution is -0.119. The SMILES string of the molecule is C=CCOc1ccc(/C=N\NC(=O)CN(c2ccccc2OCC)S(=O)(=O)c2ccc(Cl)cc2)cc1OC. The maximum absolute atomic E-state index is 13.6. The van der Waals surface area contributed by atoms with E-state index in [1.165, 1.54) is 37.6 Å². The van der Waals surface area contributed by atoms with Crippen LogP contribution in [0.2, 0.25) is 5.02 Å². The second-order valence-electron chi connectivity index (χ2n) is 7.67. The fourth-order valence-electron chi connectivity index (χ4n) is 3.35. The first-order valence-corrected chi connectivity index (χ1v) is 13.4. The summed E-state index contributed by atoms with van der Waals surface area (Å²) in [6.07, 6.45) is 3.03. The molecule has 38 heavy (non-hydrogen) atoms. The smallest absolute Gasteiger partial charge is 0.264 e. The Bertz CT molecular complexity index is 1390. The standard InChI is InChI=1S/C27H28ClN3O6S/c1-4-16-37-25-15-10-20(17-26(25)35-3)18-29-30-27(32)19-31(23-8-6-7-9-24(23)36-5-2)38(33,34)22-13-11-21(28)12-14-22/h4,6-15,17-18H,1,5,16,19H2,2-3H3,(H,30,32)/b29-18-. The Morgan fingerprint density at radius 1 is 1.05 bits per heavy atom. The van der Waals surface area contributed by atoms with Gasteiger partial charge in [0.05, 0.1) is 30.5 Å². The van der Waals surface area contributed by atoms with Gasteiger partial charge in [0.1, 0.15) is 18.9 Å². The van der Waals surface area contributed by atoms with Gasteiger partial charge in [-0.25, -0.2) is 13.8 Å². The summed E-state index contributed by atoms with van der Waals surface area (Å²) in [6.45, 7) is 5.47. The number of sulfonamides is 1. The number of amides is 1. The normalized spacial score (nSPS) is 11.1. The Morgan fingerprint density at radius 3 is 2.47 bits per heavy atom. The fraction of sp³-hybridized carbons (Fsp3) is 0.185. The number of hydrogen-bond acceptors (Lipinski definition) is 7. The molecular formula is C27H28ClN3O6S. The highest BCUT2D eigenvalue weighted by Crippen LogP contribution is 2.33. The van der Waals surface area contributed by atoms with E-state index < -0.39 is 22.5 Å². The molecule has 3 rings (SSSR count). The van der Waals surface area contributed by atoms with Crippen LogP contribution < -0.4 is 23.9 Å². The Labute approximate surface area is 227 Å². The van der Waals surface area contributed by atoms with Crippen molar-refractivity contribution in [2.24, 2.45) is 5.10 Å². The number of benzene rings is 3. The highest BCUT2D eigenvalue weighted by atomic mass is 35.5. The summed E-state index contributed by atoms with van der Waals surface area (Å²) in [5, 5.41) is 4.36. The zero-order valence-electron chi connectivity index (χ0n) is 21.0. The third kappa shape index (κ3) is 7.27. The summed E-state index contributed by atoms with van der Waals surface area (Å²) in [7, 11) is -2.65. The lowest BCUT2D eigenvalue weighted by Crippen LogP contribution is -2.39. The molecule has 200 valence electrons. The highest BCUT2D eigenvalue weighted by Gasteiger charge is 2.29. The van der Waals surface area contributed by atoms with E-state index in [1.807, 2.05) is 0 Å². The first-order valence-electron chi connectivity index (χ1n) is 11.5. The Hall–Kier alpha value is -4.02. The molecule has 0 fully saturated rings. The molecule has 0 heterocycles. The number of carbonyl (C=O) groups excluding carboxylic acids is 1. The van der Waals surface area contributed by atoms with E-state index in [9.17, 15) is 13.2 Å². The van der Waals surface area contributed by atoms with Crippen LogP contribution in [0.15, 0.2) is 89.4 Å². The van der Waals surface area contributed by atoms with Crippen LogP contribution in [0, 0.1) is 0 Å². The quantitative estimate of drug-likeness (QED) is 0.186. The van der Waals surface area contributed by atoms with Gasteiger partial charge in [-0.2, -0.15) is 5.10 Å². The van der Waals surface area contributed by atoms with Crippen molar-refractivity contribution in [3.8, 4) is 17.2 Å². The van der Waals surface area contributed by atoms with Crippen molar-refractivity contribution in [3.63, 3.8) is 0 Å². The van der Waals surface area contributed by atoms with Crippen LogP contribution in [0.1, 0.15) is 12.5 Å². The second kappa shape index (κ2) is 13.5. The maximum atomic E-state index is 13.6. The van der Waals surface area contributed by atoms with Crippen LogP contribution in [0.5, 0.6) is 17.2 Å². The lowest BCUT2D eigenvalue weighted by Gasteiger charge is -2.25. The van der Waals surface area contributed by atoms with Crippen LogP contribution in [0.4, 0.5) is 5.69 Å². The highest BCUT2D eigenvalue weighted by molar-refractivity contribution is 7.92. The van der Waals surface area contributed by atoms with E-state index in [0.29, 0.717) is 41.0 Å². The molecule has 3 aromatic carbocycles. The minimum atomic E-state index is -4.16. The summed E-state index contributed by atoms with van der Waals surface area (Å²) in [5.74, 6) is 0.664. The van der Waals surface area contributed by atoms with E-state index in [-0.39, 0.29) is 10.6 Å². The van der Waals surface area contributed by atoms with Gasteiger partial charge in [0, 0.05) is 5.02 Å². The van der Waals surface area contributed by atoms with Crippen LogP contribution in [-0.4, -0.2) is 47.4 Å². The van der Waals surface area contributed by atoms with Gasteiger partial charge in [-0.1, -0.05) is 36.4 Å². The molecule has 0 atom stereocenters. The van der Waals surface area contributed by atoms with Crippen molar-refractivity contribution in [1.29, 1.82) is 0 Å². The van der Waals surface area contributed by atoms with Crippen molar-refractivity contribution in [3.05, 3.63) is 90.0 Å². The summed E-state index contributed by atoms with van der Waals surface area (Å²) in [6, 6.07) is 17.4. The van der Waals surface area contributed by atoms with E-state index in [0.717, 1.165) is 4.31 Å². The summed E-state index contributed by atoms with van der Waals surface area (Å²) in [5.41, 5.74) is 3.22. The summed E-state index contributed by atoms with van der Waals surface area (Å²) < 4.78 is 44.6. The minimum absolute atomic E-state index is 0.0321. The van der Waals surface area contributed by atoms with Gasteiger partial charge in [-0.3, -0.25) is 9.10 Å². The van der Waals surface area contributed by atoms with Crippen LogP contribution in [0.25, 0.3) is 0 Å². The Balaban J connectivity index is 1.84. The van der Waals surface area contributed by atoms with E-state index in [4.69, 9.17) is 25.8 Å². The number of hydrogen-bond donors (Lipinski definition) is 1. The zero-order chi connectivity index (χ0) is 27.5. The molecule has 0 saturated heterocycles. The Kier molecular flexibility index (Phi) is 10.1. The third-order valence-corrected chi connectivity index (χ3v) is 7.10. The van der Waals surface area contributed by atoms with Crippen molar-refractivity contribution in [1.82, 2.24) is 5.43 Å². The monoisotopic (exact) mass is 557 g/mol. The number of nitrogens with one attached hydrogen (secondary N) is 1. The number of rotatable bonds is 13. The van der Waals surface area contributed by atoms with Gasteiger partial charge in [0.2, 0.25) is 0 Å². The van der Waals surface area contributed by atoms with Gasteiger partial charge in [-0.05, 0) is 67.1 Å². The number of anilines is 1. The molecule has 0 aromatic heterocycles. The van der Waals surface area contributed by atoms with E-state index in [1.54, 1.807) is 55.5 Å². The van der Waals surface area contributed by atoms with Crippen LogP contribution in [0.3, 0.4) is 0 Å². The molecule has 0 spiro atoms. The molecule has 0 saturated carbocycles. The molecule has 1 N–H and O–H groups in total. The first-order chi connectivity index (χ1) is 18.3. The predicted molar refractivity (Wildman–Crippen MR) is 148 cm³/mol. The van der Waals surface area contributed by atoms with Crippen molar-refractivity contribution in [2.45, 2.75) is 11.8 Å². The average molecular weight is 558 g/mol. The van der Waals surface area contributed by atoms with Gasteiger partial charge in [0.25, 0.3) is 15.9 Å². The molecular weight excluding hydrogens is 530 g/mol. The number of carbonyl (C=O) groups is 1. The second-order valence-corrected chi connectivity index (χ2v) is 9.97. The Morgan fingerprint density at radius 2 is 1.79 bits per heavy atom. The van der Waals surface area contributed by atoms with Gasteiger partial charge in [-0.15, -0.1) is 0 Å². The largest absolute Gasteiger partial charge is 0.493 e. The molecule has 0 unspecified atom stereocenters. The van der Waals surface area contributed by atoms with Gasteiger partial charge >= 0.3 is 0 Å². The topological polar surface area (TPSA) is 107 Å². The fourth-order valence-corrected chi connectivity index (χ4v) is 4.91. The van der Waals surface area contributed by atoms with Gasteiger partial charge in [0.15, 0.2) is 11.5 Å². The average Bonchev–Trinajstić information content (AvgIpc) is 2.91. The number of hydrazone groups is 1. The number of nitrogens with zero attached hydrogens (tertiary/aromatic N) is 2. The van der Waals surface area contributed by atoms with Crippen LogP contribution >= 0.6 is 11.6 Å². The van der Waals surface area contributed by atoms with E-state index >= 15 is 0 Å². The maximum Gasteiger partial charge on any atom is 0.264 e. The number of para-hydroxylation sites is 2. The molecule has 0 radical (unpaired) electrons.